The Hall–Kier alpha value is -1.94. The van der Waals surface area contributed by atoms with E-state index in [4.69, 9.17) is 4.74 Å². The van der Waals surface area contributed by atoms with Crippen molar-refractivity contribution in [3.05, 3.63) is 48.3 Å². The maximum Gasteiger partial charge on any atom is 0.321 e. The standard InChI is InChI=1S/C12H11N3O/c1-3-9(11-8-15-11)7-10(4-1)16-12-13-5-2-6-14-12/h1-7,11,15H,8H2/t11-/m1/s1. The summed E-state index contributed by atoms with van der Waals surface area (Å²) >= 11 is 0. The van der Waals surface area contributed by atoms with Gasteiger partial charge in [0.05, 0.1) is 0 Å². The molecule has 0 unspecified atom stereocenters. The summed E-state index contributed by atoms with van der Waals surface area (Å²) in [5.74, 6) is 0.775. The van der Waals surface area contributed by atoms with Gasteiger partial charge in [-0.15, -0.1) is 0 Å². The lowest BCUT2D eigenvalue weighted by Crippen LogP contribution is -1.91. The van der Waals surface area contributed by atoms with E-state index in [1.54, 1.807) is 18.5 Å². The molecule has 1 aromatic carbocycles. The third-order valence-electron chi connectivity index (χ3n) is 2.42. The van der Waals surface area contributed by atoms with Gasteiger partial charge in [-0.05, 0) is 23.8 Å². The first kappa shape index (κ1) is 9.30. The second-order valence-electron chi connectivity index (χ2n) is 3.67. The summed E-state index contributed by atoms with van der Waals surface area (Å²) in [5.41, 5.74) is 1.24. The topological polar surface area (TPSA) is 57.0 Å². The SMILES string of the molecule is c1cnc(Oc2cccc([C@H]3CN3)c2)nc1. The van der Waals surface area contributed by atoms with Gasteiger partial charge < -0.3 is 10.1 Å². The van der Waals surface area contributed by atoms with Crippen molar-refractivity contribution in [1.82, 2.24) is 15.3 Å². The van der Waals surface area contributed by atoms with Gasteiger partial charge in [0.25, 0.3) is 0 Å². The molecule has 0 saturated carbocycles. The zero-order valence-electron chi connectivity index (χ0n) is 8.63. The Morgan fingerprint density at radius 2 is 2.00 bits per heavy atom. The summed E-state index contributed by atoms with van der Waals surface area (Å²) in [5, 5.41) is 3.25. The largest absolute Gasteiger partial charge is 0.424 e. The lowest BCUT2D eigenvalue weighted by atomic mass is 10.1. The van der Waals surface area contributed by atoms with Crippen LogP contribution in [-0.2, 0) is 0 Å². The fourth-order valence-corrected chi connectivity index (χ4v) is 1.53. The van der Waals surface area contributed by atoms with Crippen molar-refractivity contribution in [1.29, 1.82) is 0 Å². The van der Waals surface area contributed by atoms with Gasteiger partial charge in [-0.25, -0.2) is 9.97 Å². The maximum atomic E-state index is 5.55. The molecule has 1 aliphatic rings. The second-order valence-corrected chi connectivity index (χ2v) is 3.67. The van der Waals surface area contributed by atoms with Gasteiger partial charge in [0.15, 0.2) is 0 Å². The molecule has 3 rings (SSSR count). The van der Waals surface area contributed by atoms with Gasteiger partial charge >= 0.3 is 6.01 Å². The molecule has 1 aromatic heterocycles. The van der Waals surface area contributed by atoms with Crippen LogP contribution in [0.5, 0.6) is 11.8 Å². The number of benzene rings is 1. The first-order valence-electron chi connectivity index (χ1n) is 5.20. The molecular formula is C12H11N3O. The molecule has 1 saturated heterocycles. The Morgan fingerprint density at radius 1 is 1.19 bits per heavy atom. The van der Waals surface area contributed by atoms with Gasteiger partial charge in [0, 0.05) is 25.0 Å². The monoisotopic (exact) mass is 213 g/mol. The minimum Gasteiger partial charge on any atom is -0.424 e. The summed E-state index contributed by atoms with van der Waals surface area (Å²) < 4.78 is 5.55. The normalized spacial score (nSPS) is 18.1. The molecular weight excluding hydrogens is 202 g/mol. The molecule has 0 aliphatic carbocycles. The van der Waals surface area contributed by atoms with Crippen LogP contribution in [0.2, 0.25) is 0 Å². The van der Waals surface area contributed by atoms with E-state index in [1.165, 1.54) is 5.56 Å². The fraction of sp³-hybridized carbons (Fsp3) is 0.167. The number of nitrogens with one attached hydrogen (secondary N) is 1. The molecule has 4 heteroatoms. The predicted octanol–water partition coefficient (Wildman–Crippen LogP) is 1.91. The van der Waals surface area contributed by atoms with Crippen LogP contribution in [0.15, 0.2) is 42.7 Å². The molecule has 0 spiro atoms. The van der Waals surface area contributed by atoms with E-state index in [-0.39, 0.29) is 0 Å². The number of hydrogen-bond donors (Lipinski definition) is 1. The van der Waals surface area contributed by atoms with E-state index in [0.29, 0.717) is 12.1 Å². The van der Waals surface area contributed by atoms with Gasteiger partial charge in [-0.2, -0.15) is 0 Å². The molecule has 0 amide bonds. The first-order chi connectivity index (χ1) is 7.92. The Labute approximate surface area is 93.3 Å². The molecule has 0 radical (unpaired) electrons. The van der Waals surface area contributed by atoms with Crippen molar-refractivity contribution in [2.45, 2.75) is 6.04 Å². The van der Waals surface area contributed by atoms with Crippen LogP contribution in [-0.4, -0.2) is 16.5 Å². The quantitative estimate of drug-likeness (QED) is 0.791. The van der Waals surface area contributed by atoms with Crippen molar-refractivity contribution in [3.63, 3.8) is 0 Å². The maximum absolute atomic E-state index is 5.55. The molecule has 1 fully saturated rings. The highest BCUT2D eigenvalue weighted by Crippen LogP contribution is 2.26. The van der Waals surface area contributed by atoms with Gasteiger partial charge in [0.2, 0.25) is 0 Å². The highest BCUT2D eigenvalue weighted by atomic mass is 16.5. The van der Waals surface area contributed by atoms with Crippen LogP contribution in [0.1, 0.15) is 11.6 Å². The second kappa shape index (κ2) is 3.90. The highest BCUT2D eigenvalue weighted by Gasteiger charge is 2.22. The minimum absolute atomic E-state index is 0.378. The molecule has 80 valence electrons. The fourth-order valence-electron chi connectivity index (χ4n) is 1.53. The summed E-state index contributed by atoms with van der Waals surface area (Å²) in [6, 6.07) is 10.6. The molecule has 16 heavy (non-hydrogen) atoms. The van der Waals surface area contributed by atoms with Crippen molar-refractivity contribution < 1.29 is 4.74 Å². The lowest BCUT2D eigenvalue weighted by Gasteiger charge is -2.04. The van der Waals surface area contributed by atoms with Crippen molar-refractivity contribution in [3.8, 4) is 11.8 Å². The van der Waals surface area contributed by atoms with Crippen LogP contribution in [0, 0.1) is 0 Å². The van der Waals surface area contributed by atoms with Crippen LogP contribution >= 0.6 is 0 Å². The molecule has 1 N–H and O–H groups in total. The van der Waals surface area contributed by atoms with Crippen LogP contribution in [0.4, 0.5) is 0 Å². The zero-order chi connectivity index (χ0) is 10.8. The molecule has 4 nitrogen and oxygen atoms in total. The van der Waals surface area contributed by atoms with Gasteiger partial charge in [-0.3, -0.25) is 0 Å². The minimum atomic E-state index is 0.378. The summed E-state index contributed by atoms with van der Waals surface area (Å²) in [4.78, 5) is 8.03. The lowest BCUT2D eigenvalue weighted by molar-refractivity contribution is 0.441. The van der Waals surface area contributed by atoms with Gasteiger partial charge in [-0.1, -0.05) is 12.1 Å². The molecule has 2 aromatic rings. The van der Waals surface area contributed by atoms with Gasteiger partial charge in [0.1, 0.15) is 5.75 Å². The zero-order valence-corrected chi connectivity index (χ0v) is 8.63. The number of ether oxygens (including phenoxy) is 1. The number of aromatic nitrogens is 2. The molecule has 1 atom stereocenters. The number of hydrogen-bond acceptors (Lipinski definition) is 4. The summed E-state index contributed by atoms with van der Waals surface area (Å²) in [6.07, 6.45) is 3.32. The third kappa shape index (κ3) is 2.01. The Kier molecular flexibility index (Phi) is 2.27. The smallest absolute Gasteiger partial charge is 0.321 e. The molecule has 0 bridgehead atoms. The van der Waals surface area contributed by atoms with E-state index in [9.17, 15) is 0 Å². The molecule has 2 heterocycles. The Morgan fingerprint density at radius 3 is 2.75 bits per heavy atom. The van der Waals surface area contributed by atoms with E-state index in [0.717, 1.165) is 12.3 Å². The van der Waals surface area contributed by atoms with Crippen LogP contribution in [0.25, 0.3) is 0 Å². The van der Waals surface area contributed by atoms with Crippen molar-refractivity contribution >= 4 is 0 Å². The third-order valence-corrected chi connectivity index (χ3v) is 2.42. The summed E-state index contributed by atoms with van der Waals surface area (Å²) in [7, 11) is 0. The average molecular weight is 213 g/mol. The van der Waals surface area contributed by atoms with Crippen molar-refractivity contribution in [2.75, 3.05) is 6.54 Å². The average Bonchev–Trinajstić information content (AvgIpc) is 3.15. The highest BCUT2D eigenvalue weighted by molar-refractivity contribution is 5.34. The van der Waals surface area contributed by atoms with E-state index < -0.39 is 0 Å². The van der Waals surface area contributed by atoms with Crippen LogP contribution < -0.4 is 10.1 Å². The van der Waals surface area contributed by atoms with E-state index in [2.05, 4.69) is 21.4 Å². The Bertz CT molecular complexity index is 483. The van der Waals surface area contributed by atoms with E-state index >= 15 is 0 Å². The first-order valence-corrected chi connectivity index (χ1v) is 5.20. The van der Waals surface area contributed by atoms with E-state index in [1.807, 2.05) is 18.2 Å². The Balaban J connectivity index is 1.81. The number of rotatable bonds is 3. The number of nitrogens with zero attached hydrogens (tertiary/aromatic N) is 2. The predicted molar refractivity (Wildman–Crippen MR) is 59.3 cm³/mol. The molecule has 1 aliphatic heterocycles. The van der Waals surface area contributed by atoms with Crippen molar-refractivity contribution in [2.24, 2.45) is 0 Å². The van der Waals surface area contributed by atoms with Crippen LogP contribution in [0.3, 0.4) is 0 Å². The summed E-state index contributed by atoms with van der Waals surface area (Å²) in [6.45, 7) is 1.05.